The third-order valence-corrected chi connectivity index (χ3v) is 2.17. The molecule has 0 fully saturated rings. The summed E-state index contributed by atoms with van der Waals surface area (Å²) in [5.41, 5.74) is 1.09. The van der Waals surface area contributed by atoms with Crippen molar-refractivity contribution in [1.29, 1.82) is 0 Å². The predicted octanol–water partition coefficient (Wildman–Crippen LogP) is 2.96. The van der Waals surface area contributed by atoms with E-state index < -0.39 is 5.97 Å². The number of benzene rings is 1. The standard InChI is InChI=1S/C11H14O2.HI/c1-2-10(11(12)13)8-9-6-4-3-5-7-9;/h3-7,10H,2,8H2,1H3,(H,12,13);1H. The van der Waals surface area contributed by atoms with Crippen LogP contribution in [0.1, 0.15) is 18.9 Å². The summed E-state index contributed by atoms with van der Waals surface area (Å²) >= 11 is 0. The molecule has 1 atom stereocenters. The summed E-state index contributed by atoms with van der Waals surface area (Å²) in [5, 5.41) is 8.83. The van der Waals surface area contributed by atoms with Crippen molar-refractivity contribution in [2.24, 2.45) is 5.92 Å². The maximum atomic E-state index is 10.7. The van der Waals surface area contributed by atoms with Crippen molar-refractivity contribution in [3.63, 3.8) is 0 Å². The molecule has 1 aromatic rings. The molecular formula is C11H15IO2. The highest BCUT2D eigenvalue weighted by Gasteiger charge is 2.14. The van der Waals surface area contributed by atoms with Crippen LogP contribution in [0.2, 0.25) is 0 Å². The lowest BCUT2D eigenvalue weighted by atomic mass is 9.97. The molecule has 0 heterocycles. The molecule has 0 amide bonds. The third-order valence-electron chi connectivity index (χ3n) is 2.17. The van der Waals surface area contributed by atoms with Gasteiger partial charge in [0.1, 0.15) is 0 Å². The number of carboxylic acids is 1. The van der Waals surface area contributed by atoms with Crippen molar-refractivity contribution in [3.8, 4) is 0 Å². The lowest BCUT2D eigenvalue weighted by Gasteiger charge is -2.08. The van der Waals surface area contributed by atoms with E-state index in [0.29, 0.717) is 12.8 Å². The molecule has 0 saturated heterocycles. The molecule has 0 aliphatic rings. The van der Waals surface area contributed by atoms with Gasteiger partial charge in [-0.3, -0.25) is 4.79 Å². The maximum Gasteiger partial charge on any atom is 0.306 e. The van der Waals surface area contributed by atoms with Crippen LogP contribution in [0.5, 0.6) is 0 Å². The van der Waals surface area contributed by atoms with Crippen molar-refractivity contribution in [1.82, 2.24) is 0 Å². The Bertz CT molecular complexity index is 272. The topological polar surface area (TPSA) is 37.3 Å². The molecule has 0 aromatic heterocycles. The highest BCUT2D eigenvalue weighted by atomic mass is 127. The first kappa shape index (κ1) is 13.4. The van der Waals surface area contributed by atoms with Gasteiger partial charge in [-0.15, -0.1) is 24.0 Å². The van der Waals surface area contributed by atoms with Gasteiger partial charge in [0.2, 0.25) is 0 Å². The molecule has 0 saturated carbocycles. The molecule has 0 aliphatic carbocycles. The van der Waals surface area contributed by atoms with Crippen LogP contribution < -0.4 is 0 Å². The van der Waals surface area contributed by atoms with E-state index in [2.05, 4.69) is 0 Å². The second-order valence-electron chi connectivity index (χ2n) is 3.13. The lowest BCUT2D eigenvalue weighted by molar-refractivity contribution is -0.141. The van der Waals surface area contributed by atoms with Crippen LogP contribution in [-0.4, -0.2) is 11.1 Å². The average Bonchev–Trinajstić information content (AvgIpc) is 2.15. The molecule has 1 unspecified atom stereocenters. The molecule has 1 N–H and O–H groups in total. The summed E-state index contributed by atoms with van der Waals surface area (Å²) in [6, 6.07) is 9.73. The molecule has 14 heavy (non-hydrogen) atoms. The van der Waals surface area contributed by atoms with Gasteiger partial charge in [0, 0.05) is 0 Å². The van der Waals surface area contributed by atoms with Crippen LogP contribution >= 0.6 is 24.0 Å². The largest absolute Gasteiger partial charge is 0.481 e. The van der Waals surface area contributed by atoms with E-state index in [1.165, 1.54) is 0 Å². The van der Waals surface area contributed by atoms with Gasteiger partial charge >= 0.3 is 5.97 Å². The summed E-state index contributed by atoms with van der Waals surface area (Å²) in [4.78, 5) is 10.7. The molecule has 3 heteroatoms. The minimum absolute atomic E-state index is 0. The predicted molar refractivity (Wildman–Crippen MR) is 67.0 cm³/mol. The Morgan fingerprint density at radius 2 is 1.93 bits per heavy atom. The maximum absolute atomic E-state index is 10.7. The van der Waals surface area contributed by atoms with E-state index in [4.69, 9.17) is 5.11 Å². The van der Waals surface area contributed by atoms with Crippen molar-refractivity contribution in [2.75, 3.05) is 0 Å². The summed E-state index contributed by atoms with van der Waals surface area (Å²) in [5.74, 6) is -0.950. The summed E-state index contributed by atoms with van der Waals surface area (Å²) in [6.07, 6.45) is 1.32. The van der Waals surface area contributed by atoms with Gasteiger partial charge in [0.15, 0.2) is 0 Å². The van der Waals surface area contributed by atoms with Crippen LogP contribution in [0.15, 0.2) is 30.3 Å². The van der Waals surface area contributed by atoms with E-state index >= 15 is 0 Å². The van der Waals surface area contributed by atoms with Gasteiger partial charge in [-0.1, -0.05) is 37.3 Å². The molecule has 1 rings (SSSR count). The quantitative estimate of drug-likeness (QED) is 0.868. The number of rotatable bonds is 4. The van der Waals surface area contributed by atoms with E-state index in [0.717, 1.165) is 5.56 Å². The fraction of sp³-hybridized carbons (Fsp3) is 0.364. The van der Waals surface area contributed by atoms with Crippen molar-refractivity contribution >= 4 is 29.9 Å². The molecule has 0 radical (unpaired) electrons. The first-order valence-corrected chi connectivity index (χ1v) is 4.50. The fourth-order valence-corrected chi connectivity index (χ4v) is 1.30. The van der Waals surface area contributed by atoms with Crippen LogP contribution in [0.4, 0.5) is 0 Å². The first-order valence-electron chi connectivity index (χ1n) is 4.50. The van der Waals surface area contributed by atoms with Crippen LogP contribution in [-0.2, 0) is 11.2 Å². The molecule has 78 valence electrons. The number of aliphatic carboxylic acids is 1. The van der Waals surface area contributed by atoms with E-state index in [9.17, 15) is 4.79 Å². The van der Waals surface area contributed by atoms with E-state index in [1.807, 2.05) is 37.3 Å². The van der Waals surface area contributed by atoms with E-state index in [1.54, 1.807) is 0 Å². The number of hydrogen-bond donors (Lipinski definition) is 1. The Kier molecular flexibility index (Phi) is 6.53. The van der Waals surface area contributed by atoms with Crippen LogP contribution in [0.25, 0.3) is 0 Å². The zero-order valence-electron chi connectivity index (χ0n) is 8.14. The van der Waals surface area contributed by atoms with Crippen LogP contribution in [0, 0.1) is 5.92 Å². The average molecular weight is 306 g/mol. The summed E-state index contributed by atoms with van der Waals surface area (Å²) in [7, 11) is 0. The van der Waals surface area contributed by atoms with Gasteiger partial charge in [-0.25, -0.2) is 0 Å². The smallest absolute Gasteiger partial charge is 0.306 e. The van der Waals surface area contributed by atoms with Crippen LogP contribution in [0.3, 0.4) is 0 Å². The highest BCUT2D eigenvalue weighted by molar-refractivity contribution is 14.0. The summed E-state index contributed by atoms with van der Waals surface area (Å²) in [6.45, 7) is 1.90. The summed E-state index contributed by atoms with van der Waals surface area (Å²) < 4.78 is 0. The van der Waals surface area contributed by atoms with E-state index in [-0.39, 0.29) is 29.9 Å². The monoisotopic (exact) mass is 306 g/mol. The molecule has 0 aliphatic heterocycles. The highest BCUT2D eigenvalue weighted by Crippen LogP contribution is 2.11. The van der Waals surface area contributed by atoms with Gasteiger partial charge < -0.3 is 5.11 Å². The zero-order chi connectivity index (χ0) is 9.68. The Hall–Kier alpha value is -0.580. The number of hydrogen-bond acceptors (Lipinski definition) is 1. The normalized spacial score (nSPS) is 11.5. The number of carboxylic acid groups (broad SMARTS) is 1. The van der Waals surface area contributed by atoms with Crippen molar-refractivity contribution in [2.45, 2.75) is 19.8 Å². The molecular weight excluding hydrogens is 291 g/mol. The van der Waals surface area contributed by atoms with Gasteiger partial charge in [-0.05, 0) is 18.4 Å². The third kappa shape index (κ3) is 4.09. The fourth-order valence-electron chi connectivity index (χ4n) is 1.30. The minimum atomic E-state index is -0.702. The van der Waals surface area contributed by atoms with Crippen molar-refractivity contribution in [3.05, 3.63) is 35.9 Å². The zero-order valence-corrected chi connectivity index (χ0v) is 10.5. The van der Waals surface area contributed by atoms with Gasteiger partial charge in [0.25, 0.3) is 0 Å². The lowest BCUT2D eigenvalue weighted by Crippen LogP contribution is -2.15. The number of carbonyl (C=O) groups is 1. The Labute approximate surface area is 101 Å². The molecule has 1 aromatic carbocycles. The SMILES string of the molecule is CCC(Cc1ccccc1)C(=O)O.I. The second-order valence-corrected chi connectivity index (χ2v) is 3.13. The molecule has 0 spiro atoms. The first-order chi connectivity index (χ1) is 6.24. The minimum Gasteiger partial charge on any atom is -0.481 e. The Morgan fingerprint density at radius 3 is 2.36 bits per heavy atom. The number of halogens is 1. The van der Waals surface area contributed by atoms with Crippen molar-refractivity contribution < 1.29 is 9.90 Å². The molecule has 2 nitrogen and oxygen atoms in total. The Morgan fingerprint density at radius 1 is 1.36 bits per heavy atom. The molecule has 0 bridgehead atoms. The van der Waals surface area contributed by atoms with Gasteiger partial charge in [0.05, 0.1) is 5.92 Å². The van der Waals surface area contributed by atoms with Gasteiger partial charge in [-0.2, -0.15) is 0 Å². The second kappa shape index (κ2) is 6.81. The Balaban J connectivity index is 0.00000169.